The molecule has 0 radical (unpaired) electrons. The van der Waals surface area contributed by atoms with Gasteiger partial charge in [-0.3, -0.25) is 15.5 Å². The highest BCUT2D eigenvalue weighted by atomic mass is 35.5. The zero-order chi connectivity index (χ0) is 12.1. The molecule has 16 heavy (non-hydrogen) atoms. The van der Waals surface area contributed by atoms with Gasteiger partial charge in [0.05, 0.1) is 21.7 Å². The van der Waals surface area contributed by atoms with Crippen LogP contribution in [0.2, 0.25) is 5.02 Å². The van der Waals surface area contributed by atoms with Crippen molar-refractivity contribution in [2.24, 2.45) is 10.8 Å². The van der Waals surface area contributed by atoms with Gasteiger partial charge in [-0.1, -0.05) is 17.7 Å². The summed E-state index contributed by atoms with van der Waals surface area (Å²) >= 11 is 10.3. The van der Waals surface area contributed by atoms with Gasteiger partial charge in [0, 0.05) is 6.07 Å². The fourth-order valence-corrected chi connectivity index (χ4v) is 1.24. The van der Waals surface area contributed by atoms with Crippen molar-refractivity contribution < 1.29 is 4.92 Å². The highest BCUT2D eigenvalue weighted by Crippen LogP contribution is 2.23. The fourth-order valence-electron chi connectivity index (χ4n) is 0.973. The third kappa shape index (κ3) is 3.14. The molecule has 3 N–H and O–H groups in total. The van der Waals surface area contributed by atoms with Crippen molar-refractivity contribution in [3.05, 3.63) is 38.9 Å². The van der Waals surface area contributed by atoms with Crippen LogP contribution in [0.25, 0.3) is 0 Å². The van der Waals surface area contributed by atoms with E-state index in [1.165, 1.54) is 24.4 Å². The summed E-state index contributed by atoms with van der Waals surface area (Å²) in [5.41, 5.74) is 7.47. The van der Waals surface area contributed by atoms with Crippen molar-refractivity contribution >= 4 is 40.8 Å². The van der Waals surface area contributed by atoms with E-state index in [1.54, 1.807) is 0 Å². The Balaban J connectivity index is 3.06. The maximum absolute atomic E-state index is 10.7. The molecule has 0 saturated heterocycles. The molecule has 0 aliphatic carbocycles. The molecular weight excluding hydrogens is 252 g/mol. The summed E-state index contributed by atoms with van der Waals surface area (Å²) in [5.74, 6) is 0. The summed E-state index contributed by atoms with van der Waals surface area (Å²) in [6.45, 7) is 0. The summed E-state index contributed by atoms with van der Waals surface area (Å²) in [5, 5.41) is 14.5. The van der Waals surface area contributed by atoms with Crippen LogP contribution in [0.15, 0.2) is 23.3 Å². The van der Waals surface area contributed by atoms with Gasteiger partial charge in [0.25, 0.3) is 5.69 Å². The molecule has 0 amide bonds. The van der Waals surface area contributed by atoms with Crippen LogP contribution in [0.1, 0.15) is 5.56 Å². The number of nitrogens with one attached hydrogen (secondary N) is 1. The van der Waals surface area contributed by atoms with E-state index < -0.39 is 4.92 Å². The van der Waals surface area contributed by atoms with E-state index in [1.807, 2.05) is 0 Å². The minimum Gasteiger partial charge on any atom is -0.375 e. The second-order valence-electron chi connectivity index (χ2n) is 2.66. The van der Waals surface area contributed by atoms with Crippen LogP contribution in [-0.4, -0.2) is 16.3 Å². The maximum Gasteiger partial charge on any atom is 0.279 e. The highest BCUT2D eigenvalue weighted by Gasteiger charge is 2.14. The number of hydrogen-bond acceptors (Lipinski definition) is 4. The molecule has 0 aromatic heterocycles. The first-order valence-electron chi connectivity index (χ1n) is 4.04. The Bertz CT molecular complexity index is 463. The van der Waals surface area contributed by atoms with Crippen LogP contribution in [0.4, 0.5) is 5.69 Å². The molecule has 0 aliphatic heterocycles. The third-order valence-corrected chi connectivity index (χ3v) is 2.02. The van der Waals surface area contributed by atoms with Gasteiger partial charge in [-0.15, -0.1) is 0 Å². The van der Waals surface area contributed by atoms with Gasteiger partial charge < -0.3 is 5.73 Å². The van der Waals surface area contributed by atoms with Gasteiger partial charge in [0.15, 0.2) is 5.11 Å². The quantitative estimate of drug-likeness (QED) is 0.370. The molecule has 1 aromatic carbocycles. The molecule has 84 valence electrons. The van der Waals surface area contributed by atoms with Gasteiger partial charge in [-0.2, -0.15) is 5.10 Å². The maximum atomic E-state index is 10.7. The predicted octanol–water partition coefficient (Wildman–Crippen LogP) is 1.42. The van der Waals surface area contributed by atoms with Crippen LogP contribution in [0.3, 0.4) is 0 Å². The molecule has 0 unspecified atom stereocenters. The Morgan fingerprint density at radius 3 is 2.94 bits per heavy atom. The second-order valence-corrected chi connectivity index (χ2v) is 3.51. The molecule has 8 heteroatoms. The van der Waals surface area contributed by atoms with Crippen molar-refractivity contribution in [3.8, 4) is 0 Å². The van der Waals surface area contributed by atoms with E-state index in [0.29, 0.717) is 0 Å². The van der Waals surface area contributed by atoms with E-state index in [9.17, 15) is 10.1 Å². The summed E-state index contributed by atoms with van der Waals surface area (Å²) in [7, 11) is 0. The number of benzene rings is 1. The van der Waals surface area contributed by atoms with Gasteiger partial charge in [0.2, 0.25) is 0 Å². The zero-order valence-corrected chi connectivity index (χ0v) is 9.46. The largest absolute Gasteiger partial charge is 0.375 e. The fraction of sp³-hybridized carbons (Fsp3) is 0. The number of hydrazone groups is 1. The standard InChI is InChI=1S/C8H7ClN4O2S/c9-6-2-1-3-7(13(14)15)5(6)4-11-12-8(10)16/h1-4H,(H3,10,12,16)/b11-4+. The lowest BCUT2D eigenvalue weighted by atomic mass is 10.2. The second kappa shape index (κ2) is 5.38. The Hall–Kier alpha value is -1.73. The summed E-state index contributed by atoms with van der Waals surface area (Å²) in [6, 6.07) is 4.34. The zero-order valence-electron chi connectivity index (χ0n) is 7.88. The predicted molar refractivity (Wildman–Crippen MR) is 65.6 cm³/mol. The van der Waals surface area contributed by atoms with Crippen LogP contribution in [0, 0.1) is 10.1 Å². The number of nitro benzene ring substituents is 1. The van der Waals surface area contributed by atoms with Crippen LogP contribution >= 0.6 is 23.8 Å². The van der Waals surface area contributed by atoms with E-state index in [0.717, 1.165) is 0 Å². The van der Waals surface area contributed by atoms with Crippen molar-refractivity contribution in [1.29, 1.82) is 0 Å². The van der Waals surface area contributed by atoms with Gasteiger partial charge >= 0.3 is 0 Å². The van der Waals surface area contributed by atoms with Crippen molar-refractivity contribution in [2.75, 3.05) is 0 Å². The lowest BCUT2D eigenvalue weighted by Gasteiger charge is -1.99. The van der Waals surface area contributed by atoms with E-state index in [-0.39, 0.29) is 21.4 Å². The molecule has 0 spiro atoms. The van der Waals surface area contributed by atoms with Crippen LogP contribution < -0.4 is 11.2 Å². The van der Waals surface area contributed by atoms with Crippen LogP contribution in [-0.2, 0) is 0 Å². The minimum absolute atomic E-state index is 0.0362. The van der Waals surface area contributed by atoms with Crippen LogP contribution in [0.5, 0.6) is 0 Å². The summed E-state index contributed by atoms with van der Waals surface area (Å²) < 4.78 is 0. The van der Waals surface area contributed by atoms with Gasteiger partial charge in [-0.25, -0.2) is 0 Å². The monoisotopic (exact) mass is 258 g/mol. The lowest BCUT2D eigenvalue weighted by molar-refractivity contribution is -0.385. The highest BCUT2D eigenvalue weighted by molar-refractivity contribution is 7.80. The number of nitrogens with two attached hydrogens (primary N) is 1. The Labute approximate surface area is 101 Å². The molecule has 0 atom stereocenters. The third-order valence-electron chi connectivity index (χ3n) is 1.59. The van der Waals surface area contributed by atoms with Gasteiger partial charge in [0.1, 0.15) is 0 Å². The Kier molecular flexibility index (Phi) is 4.15. The van der Waals surface area contributed by atoms with Crippen molar-refractivity contribution in [3.63, 3.8) is 0 Å². The van der Waals surface area contributed by atoms with Crippen molar-refractivity contribution in [1.82, 2.24) is 5.43 Å². The Morgan fingerprint density at radius 2 is 2.38 bits per heavy atom. The first-order chi connectivity index (χ1) is 7.52. The average molecular weight is 259 g/mol. The van der Waals surface area contributed by atoms with Crippen molar-refractivity contribution in [2.45, 2.75) is 0 Å². The number of rotatable bonds is 3. The molecular formula is C8H7ClN4O2S. The van der Waals surface area contributed by atoms with E-state index in [4.69, 9.17) is 17.3 Å². The SMILES string of the molecule is NC(=S)N/N=C/c1c(Cl)cccc1[N+](=O)[O-]. The first-order valence-corrected chi connectivity index (χ1v) is 4.82. The lowest BCUT2D eigenvalue weighted by Crippen LogP contribution is -2.24. The molecule has 1 aromatic rings. The van der Waals surface area contributed by atoms with E-state index >= 15 is 0 Å². The molecule has 0 fully saturated rings. The van der Waals surface area contributed by atoms with Gasteiger partial charge in [-0.05, 0) is 18.3 Å². The smallest absolute Gasteiger partial charge is 0.279 e. The number of hydrogen-bond donors (Lipinski definition) is 2. The Morgan fingerprint density at radius 1 is 1.69 bits per heavy atom. The molecule has 6 nitrogen and oxygen atoms in total. The molecule has 1 rings (SSSR count). The normalized spacial score (nSPS) is 10.3. The number of halogens is 1. The molecule has 0 bridgehead atoms. The van der Waals surface area contributed by atoms with E-state index in [2.05, 4.69) is 22.7 Å². The minimum atomic E-state index is -0.548. The average Bonchev–Trinajstić information content (AvgIpc) is 2.19. The number of thiocarbonyl (C=S) groups is 1. The molecule has 0 heterocycles. The molecule has 0 aliphatic rings. The summed E-state index contributed by atoms with van der Waals surface area (Å²) in [4.78, 5) is 10.1. The number of nitro groups is 1. The topological polar surface area (TPSA) is 93.5 Å². The first kappa shape index (κ1) is 12.3. The molecule has 0 saturated carbocycles. The summed E-state index contributed by atoms with van der Waals surface area (Å²) in [6.07, 6.45) is 1.19. The number of nitrogens with zero attached hydrogens (tertiary/aromatic N) is 2.